The summed E-state index contributed by atoms with van der Waals surface area (Å²) in [5, 5.41) is 0. The second-order valence-corrected chi connectivity index (χ2v) is 3.55. The summed E-state index contributed by atoms with van der Waals surface area (Å²) < 4.78 is 5.15. The van der Waals surface area contributed by atoms with Crippen molar-refractivity contribution in [2.24, 2.45) is 5.73 Å². The van der Waals surface area contributed by atoms with Crippen LogP contribution in [0.5, 0.6) is 0 Å². The molecule has 0 spiro atoms. The monoisotopic (exact) mass is 214 g/mol. The minimum atomic E-state index is -0.0751. The Kier molecular flexibility index (Phi) is 5.28. The van der Waals surface area contributed by atoms with Gasteiger partial charge in [0.1, 0.15) is 0 Å². The van der Waals surface area contributed by atoms with E-state index in [1.807, 2.05) is 0 Å². The number of nitrogens with zero attached hydrogens (tertiary/aromatic N) is 1. The first-order valence-electron chi connectivity index (χ1n) is 5.36. The number of hydrogen-bond donors (Lipinski definition) is 1. The van der Waals surface area contributed by atoms with Gasteiger partial charge in [-0.2, -0.15) is 0 Å². The fraction of sp³-hybridized carbons (Fsp3) is 0.800. The van der Waals surface area contributed by atoms with E-state index in [-0.39, 0.29) is 11.8 Å². The van der Waals surface area contributed by atoms with Crippen molar-refractivity contribution >= 4 is 11.8 Å². The molecule has 0 aromatic carbocycles. The normalized spacial score (nSPS) is 18.1. The van der Waals surface area contributed by atoms with Gasteiger partial charge in [-0.1, -0.05) is 0 Å². The quantitative estimate of drug-likeness (QED) is 0.512. The molecule has 0 atom stereocenters. The second kappa shape index (κ2) is 6.53. The minimum Gasteiger partial charge on any atom is -0.378 e. The molecule has 86 valence electrons. The molecule has 1 aliphatic heterocycles. The molecule has 0 unspecified atom stereocenters. The number of rotatable bonds is 5. The number of carbonyl (C=O) groups excluding carboxylic acids is 2. The van der Waals surface area contributed by atoms with E-state index in [1.165, 1.54) is 4.90 Å². The average Bonchev–Trinajstić information content (AvgIpc) is 2.37. The molecular weight excluding hydrogens is 196 g/mol. The van der Waals surface area contributed by atoms with E-state index in [0.717, 1.165) is 12.8 Å². The van der Waals surface area contributed by atoms with E-state index in [9.17, 15) is 9.59 Å². The number of carbonyl (C=O) groups is 2. The number of nitrogens with two attached hydrogens (primary N) is 1. The molecule has 1 heterocycles. The van der Waals surface area contributed by atoms with E-state index in [1.54, 1.807) is 0 Å². The fourth-order valence-electron chi connectivity index (χ4n) is 1.55. The van der Waals surface area contributed by atoms with Crippen molar-refractivity contribution in [2.75, 3.05) is 26.3 Å². The standard InChI is InChI=1S/C10H18N2O3/c11-5-7-15-8-6-12-9(13)3-1-2-4-10(12)14/h1-8,11H2. The number of likely N-dealkylation sites (tertiary alicyclic amines) is 1. The third kappa shape index (κ3) is 3.97. The Morgan fingerprint density at radius 1 is 1.13 bits per heavy atom. The lowest BCUT2D eigenvalue weighted by Gasteiger charge is -2.18. The number of ether oxygens (including phenoxy) is 1. The summed E-state index contributed by atoms with van der Waals surface area (Å²) >= 11 is 0. The van der Waals surface area contributed by atoms with Gasteiger partial charge in [-0.25, -0.2) is 0 Å². The summed E-state index contributed by atoms with van der Waals surface area (Å²) in [7, 11) is 0. The molecule has 1 saturated heterocycles. The summed E-state index contributed by atoms with van der Waals surface area (Å²) in [5.41, 5.74) is 5.25. The number of imide groups is 1. The van der Waals surface area contributed by atoms with E-state index < -0.39 is 0 Å². The van der Waals surface area contributed by atoms with E-state index in [0.29, 0.717) is 39.1 Å². The molecule has 1 rings (SSSR count). The van der Waals surface area contributed by atoms with Gasteiger partial charge in [0.05, 0.1) is 19.8 Å². The Hall–Kier alpha value is -0.940. The van der Waals surface area contributed by atoms with Crippen LogP contribution in [0.15, 0.2) is 0 Å². The van der Waals surface area contributed by atoms with Crippen LogP contribution < -0.4 is 5.73 Å². The molecule has 0 aromatic heterocycles. The largest absolute Gasteiger partial charge is 0.378 e. The lowest BCUT2D eigenvalue weighted by molar-refractivity contribution is -0.144. The van der Waals surface area contributed by atoms with Crippen molar-refractivity contribution < 1.29 is 14.3 Å². The average molecular weight is 214 g/mol. The van der Waals surface area contributed by atoms with Crippen molar-refractivity contribution in [3.63, 3.8) is 0 Å². The van der Waals surface area contributed by atoms with E-state index in [2.05, 4.69) is 0 Å². The van der Waals surface area contributed by atoms with Gasteiger partial charge in [0.25, 0.3) is 0 Å². The van der Waals surface area contributed by atoms with Crippen LogP contribution in [-0.4, -0.2) is 43.0 Å². The van der Waals surface area contributed by atoms with E-state index >= 15 is 0 Å². The fourth-order valence-corrected chi connectivity index (χ4v) is 1.55. The highest BCUT2D eigenvalue weighted by Gasteiger charge is 2.23. The Labute approximate surface area is 89.6 Å². The first-order chi connectivity index (χ1) is 7.25. The van der Waals surface area contributed by atoms with Crippen molar-refractivity contribution in [1.82, 2.24) is 4.90 Å². The Bertz CT molecular complexity index is 213. The molecule has 1 fully saturated rings. The Morgan fingerprint density at radius 3 is 2.27 bits per heavy atom. The van der Waals surface area contributed by atoms with Crippen molar-refractivity contribution in [3.05, 3.63) is 0 Å². The lowest BCUT2D eigenvalue weighted by atomic mass is 10.2. The van der Waals surface area contributed by atoms with Gasteiger partial charge < -0.3 is 10.5 Å². The molecular formula is C10H18N2O3. The first-order valence-corrected chi connectivity index (χ1v) is 5.36. The van der Waals surface area contributed by atoms with Gasteiger partial charge in [0, 0.05) is 19.4 Å². The summed E-state index contributed by atoms with van der Waals surface area (Å²) in [5.74, 6) is -0.150. The predicted molar refractivity (Wildman–Crippen MR) is 55.1 cm³/mol. The van der Waals surface area contributed by atoms with Crippen LogP contribution in [0.1, 0.15) is 25.7 Å². The molecule has 0 aliphatic carbocycles. The molecule has 0 saturated carbocycles. The maximum atomic E-state index is 11.5. The highest BCUT2D eigenvalue weighted by atomic mass is 16.5. The lowest BCUT2D eigenvalue weighted by Crippen LogP contribution is -2.37. The molecule has 0 bridgehead atoms. The minimum absolute atomic E-state index is 0.0751. The molecule has 0 aromatic rings. The van der Waals surface area contributed by atoms with Gasteiger partial charge in [-0.05, 0) is 12.8 Å². The zero-order valence-electron chi connectivity index (χ0n) is 8.91. The van der Waals surface area contributed by atoms with Gasteiger partial charge in [0.2, 0.25) is 11.8 Å². The van der Waals surface area contributed by atoms with Crippen LogP contribution in [0, 0.1) is 0 Å². The molecule has 15 heavy (non-hydrogen) atoms. The maximum Gasteiger partial charge on any atom is 0.229 e. The molecule has 1 aliphatic rings. The Balaban J connectivity index is 2.35. The zero-order valence-corrected chi connectivity index (χ0v) is 8.91. The summed E-state index contributed by atoms with van der Waals surface area (Å²) in [4.78, 5) is 24.3. The topological polar surface area (TPSA) is 72.6 Å². The van der Waals surface area contributed by atoms with Gasteiger partial charge in [-0.3, -0.25) is 14.5 Å². The Morgan fingerprint density at radius 2 is 1.73 bits per heavy atom. The maximum absolute atomic E-state index is 11.5. The molecule has 0 radical (unpaired) electrons. The first kappa shape index (κ1) is 12.1. The highest BCUT2D eigenvalue weighted by Crippen LogP contribution is 2.11. The zero-order chi connectivity index (χ0) is 11.1. The molecule has 2 amide bonds. The second-order valence-electron chi connectivity index (χ2n) is 3.55. The van der Waals surface area contributed by atoms with Crippen LogP contribution in [0.2, 0.25) is 0 Å². The van der Waals surface area contributed by atoms with Crippen molar-refractivity contribution in [1.29, 1.82) is 0 Å². The summed E-state index contributed by atoms with van der Waals surface area (Å²) in [6.07, 6.45) is 2.57. The van der Waals surface area contributed by atoms with Crippen LogP contribution in [0.4, 0.5) is 0 Å². The van der Waals surface area contributed by atoms with Crippen LogP contribution in [0.25, 0.3) is 0 Å². The van der Waals surface area contributed by atoms with E-state index in [4.69, 9.17) is 10.5 Å². The predicted octanol–water partition coefficient (Wildman–Crippen LogP) is -0.109. The summed E-state index contributed by atoms with van der Waals surface area (Å²) in [6, 6.07) is 0. The smallest absolute Gasteiger partial charge is 0.229 e. The third-order valence-corrected chi connectivity index (χ3v) is 2.35. The SMILES string of the molecule is NCCOCCN1C(=O)CCCCC1=O. The van der Waals surface area contributed by atoms with Crippen molar-refractivity contribution in [2.45, 2.75) is 25.7 Å². The summed E-state index contributed by atoms with van der Waals surface area (Å²) in [6.45, 7) is 1.67. The van der Waals surface area contributed by atoms with Crippen molar-refractivity contribution in [3.8, 4) is 0 Å². The molecule has 2 N–H and O–H groups in total. The van der Waals surface area contributed by atoms with Gasteiger partial charge >= 0.3 is 0 Å². The third-order valence-electron chi connectivity index (χ3n) is 2.35. The van der Waals surface area contributed by atoms with Gasteiger partial charge in [-0.15, -0.1) is 0 Å². The van der Waals surface area contributed by atoms with Crippen LogP contribution in [0.3, 0.4) is 0 Å². The number of amides is 2. The van der Waals surface area contributed by atoms with Crippen LogP contribution in [-0.2, 0) is 14.3 Å². The van der Waals surface area contributed by atoms with Crippen LogP contribution >= 0.6 is 0 Å². The van der Waals surface area contributed by atoms with Gasteiger partial charge in [0.15, 0.2) is 0 Å². The molecule has 5 heteroatoms. The molecule has 5 nitrogen and oxygen atoms in total. The highest BCUT2D eigenvalue weighted by molar-refractivity contribution is 5.95. The number of hydrogen-bond acceptors (Lipinski definition) is 4.